The Morgan fingerprint density at radius 2 is 1.33 bits per heavy atom. The Morgan fingerprint density at radius 3 is 2.00 bits per heavy atom. The molecule has 0 unspecified atom stereocenters. The van der Waals surface area contributed by atoms with E-state index in [1.165, 1.54) is 16.8 Å². The van der Waals surface area contributed by atoms with Gasteiger partial charge in [0.05, 0.1) is 51.4 Å². The zero-order valence-electron chi connectivity index (χ0n) is 7.90. The van der Waals surface area contributed by atoms with Crippen molar-refractivity contribution in [3.63, 3.8) is 0 Å². The van der Waals surface area contributed by atoms with Crippen LogP contribution in [0, 0.1) is 0 Å². The van der Waals surface area contributed by atoms with Crippen LogP contribution in [0.25, 0.3) is 11.1 Å². The fraction of sp³-hybridized carbons (Fsp3) is 0. The quantitative estimate of drug-likeness (QED) is 0.495. The molecule has 0 atom stereocenters. The van der Waals surface area contributed by atoms with Crippen molar-refractivity contribution in [1.29, 1.82) is 0 Å². The molecule has 0 saturated carbocycles. The molecule has 0 bridgehead atoms. The van der Waals surface area contributed by atoms with Gasteiger partial charge in [0.25, 0.3) is 0 Å². The molecule has 15 heavy (non-hydrogen) atoms. The van der Waals surface area contributed by atoms with E-state index < -0.39 is 0 Å². The molecule has 0 fully saturated rings. The first-order valence-electron chi connectivity index (χ1n) is 4.55. The standard InChI is InChI=1S/C12H9I2N/c13-15(14)12-9-5-4-8-11(12)10-6-2-1-3-7-10/h1-9H. The summed E-state index contributed by atoms with van der Waals surface area (Å²) in [6.45, 7) is 0. The van der Waals surface area contributed by atoms with Crippen LogP contribution in [-0.4, -0.2) is 0 Å². The van der Waals surface area contributed by atoms with E-state index >= 15 is 0 Å². The lowest BCUT2D eigenvalue weighted by atomic mass is 10.0. The Balaban J connectivity index is 2.53. The van der Waals surface area contributed by atoms with E-state index in [-0.39, 0.29) is 0 Å². The van der Waals surface area contributed by atoms with Crippen molar-refractivity contribution >= 4 is 51.4 Å². The second kappa shape index (κ2) is 5.16. The second-order valence-corrected chi connectivity index (χ2v) is 6.89. The maximum Gasteiger partial charge on any atom is 0.0697 e. The Morgan fingerprint density at radius 1 is 0.733 bits per heavy atom. The Bertz CT molecular complexity index is 440. The molecule has 0 aromatic heterocycles. The van der Waals surface area contributed by atoms with Crippen molar-refractivity contribution in [3.05, 3.63) is 54.6 Å². The van der Waals surface area contributed by atoms with E-state index in [9.17, 15) is 0 Å². The summed E-state index contributed by atoms with van der Waals surface area (Å²) in [5.74, 6) is 0. The molecule has 0 saturated heterocycles. The van der Waals surface area contributed by atoms with Crippen LogP contribution >= 0.6 is 45.7 Å². The smallest absolute Gasteiger partial charge is 0.0697 e. The summed E-state index contributed by atoms with van der Waals surface area (Å²) in [4.78, 5) is 0. The molecule has 1 nitrogen and oxygen atoms in total. The van der Waals surface area contributed by atoms with E-state index in [0.29, 0.717) is 0 Å². The van der Waals surface area contributed by atoms with Gasteiger partial charge in [-0.05, 0) is 11.6 Å². The molecule has 0 aliphatic heterocycles. The molecule has 0 N–H and O–H groups in total. The molecule has 0 radical (unpaired) electrons. The molecule has 0 aliphatic rings. The van der Waals surface area contributed by atoms with Gasteiger partial charge in [0.2, 0.25) is 0 Å². The SMILES string of the molecule is IN(I)c1ccccc1-c1ccccc1. The summed E-state index contributed by atoms with van der Waals surface area (Å²) in [6.07, 6.45) is 0. The molecular formula is C12H9I2N. The fourth-order valence-electron chi connectivity index (χ4n) is 1.48. The minimum atomic E-state index is 1.23. The van der Waals surface area contributed by atoms with Crippen molar-refractivity contribution in [2.75, 3.05) is 1.33 Å². The summed E-state index contributed by atoms with van der Waals surface area (Å²) < 4.78 is 2.08. The number of rotatable bonds is 2. The molecule has 76 valence electrons. The van der Waals surface area contributed by atoms with Crippen LogP contribution in [0.4, 0.5) is 5.69 Å². The topological polar surface area (TPSA) is 3.24 Å². The van der Waals surface area contributed by atoms with Gasteiger partial charge in [0.15, 0.2) is 0 Å². The van der Waals surface area contributed by atoms with Crippen LogP contribution in [0.2, 0.25) is 0 Å². The van der Waals surface area contributed by atoms with Crippen molar-refractivity contribution in [2.45, 2.75) is 0 Å². The number of benzene rings is 2. The van der Waals surface area contributed by atoms with Crippen LogP contribution in [0.15, 0.2) is 54.6 Å². The summed E-state index contributed by atoms with van der Waals surface area (Å²) >= 11 is 4.56. The molecule has 0 amide bonds. The van der Waals surface area contributed by atoms with Gasteiger partial charge >= 0.3 is 0 Å². The zero-order chi connectivity index (χ0) is 10.7. The normalized spacial score (nSPS) is 10.0. The van der Waals surface area contributed by atoms with Gasteiger partial charge in [0, 0.05) is 5.56 Å². The fourth-order valence-corrected chi connectivity index (χ4v) is 2.32. The van der Waals surface area contributed by atoms with Crippen LogP contribution in [0.3, 0.4) is 0 Å². The Labute approximate surface area is 117 Å². The number of halogens is 2. The average molecular weight is 421 g/mol. The lowest BCUT2D eigenvalue weighted by molar-refractivity contribution is 1.60. The van der Waals surface area contributed by atoms with Gasteiger partial charge in [-0.3, -0.25) is 1.33 Å². The highest BCUT2D eigenvalue weighted by Gasteiger charge is 2.06. The van der Waals surface area contributed by atoms with E-state index in [1.807, 2.05) is 6.07 Å². The zero-order valence-corrected chi connectivity index (χ0v) is 12.2. The summed E-state index contributed by atoms with van der Waals surface area (Å²) in [5, 5.41) is 0. The van der Waals surface area contributed by atoms with Crippen molar-refractivity contribution in [1.82, 2.24) is 0 Å². The largest absolute Gasteiger partial charge is 0.254 e. The van der Waals surface area contributed by atoms with E-state index in [1.54, 1.807) is 0 Å². The highest BCUT2D eigenvalue weighted by molar-refractivity contribution is 14.2. The van der Waals surface area contributed by atoms with Gasteiger partial charge in [-0.1, -0.05) is 48.5 Å². The van der Waals surface area contributed by atoms with Gasteiger partial charge in [0.1, 0.15) is 0 Å². The number of nitrogens with zero attached hydrogens (tertiary/aromatic N) is 1. The highest BCUT2D eigenvalue weighted by Crippen LogP contribution is 2.34. The second-order valence-electron chi connectivity index (χ2n) is 3.12. The van der Waals surface area contributed by atoms with Crippen LogP contribution in [0.5, 0.6) is 0 Å². The molecular weight excluding hydrogens is 412 g/mol. The number of anilines is 1. The third-order valence-electron chi connectivity index (χ3n) is 2.17. The molecule has 0 heterocycles. The lowest BCUT2D eigenvalue weighted by Gasteiger charge is -2.13. The molecule has 0 aliphatic carbocycles. The summed E-state index contributed by atoms with van der Waals surface area (Å²) in [5.41, 5.74) is 3.75. The lowest BCUT2D eigenvalue weighted by Crippen LogP contribution is -1.92. The first kappa shape index (κ1) is 11.2. The van der Waals surface area contributed by atoms with E-state index in [0.717, 1.165) is 0 Å². The first-order chi connectivity index (χ1) is 7.29. The Hall–Kier alpha value is -0.300. The molecule has 3 heteroatoms. The number of hydrogen-bond acceptors (Lipinski definition) is 1. The first-order valence-corrected chi connectivity index (χ1v) is 6.48. The highest BCUT2D eigenvalue weighted by atomic mass is 127. The molecule has 2 aromatic carbocycles. The van der Waals surface area contributed by atoms with Crippen LogP contribution in [0.1, 0.15) is 0 Å². The van der Waals surface area contributed by atoms with Crippen LogP contribution in [-0.2, 0) is 0 Å². The third-order valence-corrected chi connectivity index (χ3v) is 3.21. The summed E-state index contributed by atoms with van der Waals surface area (Å²) in [6, 6.07) is 18.8. The minimum Gasteiger partial charge on any atom is -0.254 e. The predicted molar refractivity (Wildman–Crippen MR) is 82.4 cm³/mol. The van der Waals surface area contributed by atoms with Crippen LogP contribution < -0.4 is 1.33 Å². The molecule has 2 rings (SSSR count). The summed E-state index contributed by atoms with van der Waals surface area (Å²) in [7, 11) is 0. The van der Waals surface area contributed by atoms with Gasteiger partial charge in [-0.25, -0.2) is 0 Å². The van der Waals surface area contributed by atoms with Crippen molar-refractivity contribution < 1.29 is 0 Å². The van der Waals surface area contributed by atoms with Gasteiger partial charge in [-0.2, -0.15) is 0 Å². The van der Waals surface area contributed by atoms with Crippen molar-refractivity contribution in [2.24, 2.45) is 0 Å². The predicted octanol–water partition coefficient (Wildman–Crippen LogP) is 4.86. The maximum absolute atomic E-state index is 2.28. The minimum absolute atomic E-state index is 1.23. The maximum atomic E-state index is 2.28. The number of hydrogen-bond donors (Lipinski definition) is 0. The van der Waals surface area contributed by atoms with E-state index in [2.05, 4.69) is 95.6 Å². The third kappa shape index (κ3) is 2.63. The van der Waals surface area contributed by atoms with E-state index in [4.69, 9.17) is 0 Å². The molecule has 2 aromatic rings. The Kier molecular flexibility index (Phi) is 3.85. The average Bonchev–Trinajstić information content (AvgIpc) is 2.30. The monoisotopic (exact) mass is 421 g/mol. The van der Waals surface area contributed by atoms with Crippen molar-refractivity contribution in [3.8, 4) is 11.1 Å². The molecule has 0 spiro atoms. The number of para-hydroxylation sites is 1. The van der Waals surface area contributed by atoms with Gasteiger partial charge in [-0.15, -0.1) is 0 Å². The van der Waals surface area contributed by atoms with Gasteiger partial charge < -0.3 is 0 Å².